The number of carbonyl (C=O) groups excluding carboxylic acids is 2. The zero-order valence-corrected chi connectivity index (χ0v) is 19.4. The summed E-state index contributed by atoms with van der Waals surface area (Å²) < 4.78 is 5.05. The van der Waals surface area contributed by atoms with Gasteiger partial charge in [-0.1, -0.05) is 24.3 Å². The predicted octanol–water partition coefficient (Wildman–Crippen LogP) is 1.54. The van der Waals surface area contributed by atoms with Crippen molar-refractivity contribution < 1.29 is 14.3 Å². The molecule has 0 atom stereocenters. The highest BCUT2D eigenvalue weighted by molar-refractivity contribution is 14.0. The highest BCUT2D eigenvalue weighted by atomic mass is 127. The van der Waals surface area contributed by atoms with Gasteiger partial charge in [0, 0.05) is 46.3 Å². The van der Waals surface area contributed by atoms with Crippen LogP contribution in [0.25, 0.3) is 0 Å². The maximum Gasteiger partial charge on any atom is 0.409 e. The molecule has 0 aromatic heterocycles. The fraction of sp³-hybridized carbons (Fsp3) is 0.550. The smallest absolute Gasteiger partial charge is 0.409 e. The van der Waals surface area contributed by atoms with E-state index in [4.69, 9.17) is 4.74 Å². The lowest BCUT2D eigenvalue weighted by molar-refractivity contribution is -0.130. The molecule has 2 aliphatic heterocycles. The van der Waals surface area contributed by atoms with Gasteiger partial charge in [0.2, 0.25) is 5.91 Å². The second kappa shape index (κ2) is 11.2. The van der Waals surface area contributed by atoms with Crippen LogP contribution in [-0.4, -0.2) is 85.6 Å². The minimum Gasteiger partial charge on any atom is -0.450 e. The lowest BCUT2D eigenvalue weighted by Gasteiger charge is -2.36. The normalized spacial score (nSPS) is 16.6. The van der Waals surface area contributed by atoms with E-state index in [1.54, 1.807) is 18.9 Å². The van der Waals surface area contributed by atoms with Crippen LogP contribution in [0, 0.1) is 0 Å². The van der Waals surface area contributed by atoms with Crippen molar-refractivity contribution in [1.29, 1.82) is 0 Å². The summed E-state index contributed by atoms with van der Waals surface area (Å²) in [6.45, 7) is 6.28. The van der Waals surface area contributed by atoms with Crippen molar-refractivity contribution in [3.63, 3.8) is 0 Å². The van der Waals surface area contributed by atoms with Gasteiger partial charge in [-0.3, -0.25) is 9.79 Å². The molecule has 2 amide bonds. The Morgan fingerprint density at radius 3 is 2.34 bits per heavy atom. The number of guanidine groups is 1. The summed E-state index contributed by atoms with van der Waals surface area (Å²) in [5.41, 5.74) is 2.55. The minimum absolute atomic E-state index is 0. The Kier molecular flexibility index (Phi) is 8.99. The average Bonchev–Trinajstić information content (AvgIpc) is 2.74. The number of aliphatic imine (C=N–C) groups is 1. The molecule has 1 fully saturated rings. The van der Waals surface area contributed by atoms with Crippen LogP contribution in [0.4, 0.5) is 4.79 Å². The summed E-state index contributed by atoms with van der Waals surface area (Å²) in [5, 5.41) is 3.18. The van der Waals surface area contributed by atoms with E-state index in [-0.39, 0.29) is 42.5 Å². The van der Waals surface area contributed by atoms with Gasteiger partial charge in [-0.15, -0.1) is 24.0 Å². The third kappa shape index (κ3) is 5.97. The van der Waals surface area contributed by atoms with Gasteiger partial charge in [0.25, 0.3) is 0 Å². The number of halogens is 1. The van der Waals surface area contributed by atoms with Gasteiger partial charge >= 0.3 is 6.09 Å². The number of rotatable bonds is 3. The molecule has 0 radical (unpaired) electrons. The van der Waals surface area contributed by atoms with E-state index in [1.807, 2.05) is 17.0 Å². The second-order valence-corrected chi connectivity index (χ2v) is 6.91. The molecule has 3 rings (SSSR count). The zero-order valence-electron chi connectivity index (χ0n) is 17.1. The minimum atomic E-state index is -0.273. The molecule has 0 bridgehead atoms. The molecule has 160 valence electrons. The van der Waals surface area contributed by atoms with E-state index in [0.29, 0.717) is 45.3 Å². The standard InChI is InChI=1S/C20H29N5O3.HI/c1-3-28-20(27)24-12-10-23(11-13-24)19(21-2)22-14-18(26)25-9-8-16-6-4-5-7-17(16)15-25;/h4-7H,3,8-15H2,1-2H3,(H,21,22);1H. The van der Waals surface area contributed by atoms with Gasteiger partial charge in [-0.2, -0.15) is 0 Å². The number of nitrogens with one attached hydrogen (secondary N) is 1. The average molecular weight is 515 g/mol. The lowest BCUT2D eigenvalue weighted by atomic mass is 10.00. The molecule has 1 N–H and O–H groups in total. The molecule has 0 spiro atoms. The fourth-order valence-corrected chi connectivity index (χ4v) is 3.62. The molecule has 2 aliphatic rings. The molecule has 9 heteroatoms. The summed E-state index contributed by atoms with van der Waals surface area (Å²) in [6, 6.07) is 8.28. The molecule has 0 aliphatic carbocycles. The maximum absolute atomic E-state index is 12.6. The Labute approximate surface area is 189 Å². The van der Waals surface area contributed by atoms with Crippen LogP contribution in [0.2, 0.25) is 0 Å². The first-order valence-corrected chi connectivity index (χ1v) is 9.84. The predicted molar refractivity (Wildman–Crippen MR) is 123 cm³/mol. The van der Waals surface area contributed by atoms with Crippen LogP contribution in [0.1, 0.15) is 18.1 Å². The van der Waals surface area contributed by atoms with Crippen molar-refractivity contribution in [3.05, 3.63) is 35.4 Å². The Bertz CT molecular complexity index is 735. The summed E-state index contributed by atoms with van der Waals surface area (Å²) in [5.74, 6) is 0.759. The third-order valence-electron chi connectivity index (χ3n) is 5.20. The van der Waals surface area contributed by atoms with Crippen LogP contribution in [-0.2, 0) is 22.5 Å². The topological polar surface area (TPSA) is 77.5 Å². The van der Waals surface area contributed by atoms with Crippen LogP contribution >= 0.6 is 24.0 Å². The first-order valence-electron chi connectivity index (χ1n) is 9.84. The Hall–Kier alpha value is -2.04. The first kappa shape index (κ1) is 23.2. The Balaban J connectivity index is 0.00000300. The number of amides is 2. The van der Waals surface area contributed by atoms with Crippen LogP contribution < -0.4 is 5.32 Å². The summed E-state index contributed by atoms with van der Waals surface area (Å²) in [4.78, 5) is 34.4. The zero-order chi connectivity index (χ0) is 19.9. The monoisotopic (exact) mass is 515 g/mol. The molecular weight excluding hydrogens is 485 g/mol. The number of carbonyl (C=O) groups is 2. The largest absolute Gasteiger partial charge is 0.450 e. The summed E-state index contributed by atoms with van der Waals surface area (Å²) in [6.07, 6.45) is 0.623. The number of hydrogen-bond donors (Lipinski definition) is 1. The number of piperazine rings is 1. The van der Waals surface area contributed by atoms with Gasteiger partial charge in [-0.05, 0) is 24.5 Å². The second-order valence-electron chi connectivity index (χ2n) is 6.91. The van der Waals surface area contributed by atoms with Gasteiger partial charge < -0.3 is 24.8 Å². The van der Waals surface area contributed by atoms with Crippen LogP contribution in [0.3, 0.4) is 0 Å². The molecule has 29 heavy (non-hydrogen) atoms. The van der Waals surface area contributed by atoms with E-state index in [0.717, 1.165) is 13.0 Å². The van der Waals surface area contributed by atoms with E-state index >= 15 is 0 Å². The molecule has 2 heterocycles. The Morgan fingerprint density at radius 2 is 1.69 bits per heavy atom. The number of ether oxygens (including phenoxy) is 1. The summed E-state index contributed by atoms with van der Waals surface area (Å²) in [7, 11) is 1.71. The van der Waals surface area contributed by atoms with Crippen molar-refractivity contribution in [3.8, 4) is 0 Å². The van der Waals surface area contributed by atoms with Crippen molar-refractivity contribution in [2.24, 2.45) is 4.99 Å². The first-order chi connectivity index (χ1) is 13.6. The van der Waals surface area contributed by atoms with Crippen LogP contribution in [0.5, 0.6) is 0 Å². The van der Waals surface area contributed by atoms with Gasteiger partial charge in [-0.25, -0.2) is 4.79 Å². The molecule has 1 saturated heterocycles. The number of benzene rings is 1. The van der Waals surface area contributed by atoms with Gasteiger partial charge in [0.1, 0.15) is 0 Å². The van der Waals surface area contributed by atoms with Gasteiger partial charge in [0.15, 0.2) is 5.96 Å². The summed E-state index contributed by atoms with van der Waals surface area (Å²) >= 11 is 0. The number of nitrogens with zero attached hydrogens (tertiary/aromatic N) is 4. The highest BCUT2D eigenvalue weighted by Crippen LogP contribution is 2.18. The van der Waals surface area contributed by atoms with E-state index < -0.39 is 0 Å². The third-order valence-corrected chi connectivity index (χ3v) is 5.20. The fourth-order valence-electron chi connectivity index (χ4n) is 3.62. The Morgan fingerprint density at radius 1 is 1.03 bits per heavy atom. The highest BCUT2D eigenvalue weighted by Gasteiger charge is 2.25. The molecule has 8 nitrogen and oxygen atoms in total. The van der Waals surface area contributed by atoms with Crippen molar-refractivity contribution in [2.75, 3.05) is 52.9 Å². The number of hydrogen-bond acceptors (Lipinski definition) is 4. The molecule has 1 aromatic carbocycles. The SMILES string of the molecule is CCOC(=O)N1CCN(C(=NC)NCC(=O)N2CCc3ccccc3C2)CC1.I. The van der Waals surface area contributed by atoms with E-state index in [9.17, 15) is 9.59 Å². The molecule has 0 unspecified atom stereocenters. The molecular formula is C20H30IN5O3. The molecule has 1 aromatic rings. The van der Waals surface area contributed by atoms with Crippen molar-refractivity contribution in [2.45, 2.75) is 19.9 Å². The van der Waals surface area contributed by atoms with Crippen molar-refractivity contribution >= 4 is 41.9 Å². The van der Waals surface area contributed by atoms with Crippen molar-refractivity contribution in [1.82, 2.24) is 20.0 Å². The van der Waals surface area contributed by atoms with Gasteiger partial charge in [0.05, 0.1) is 13.2 Å². The van der Waals surface area contributed by atoms with Crippen LogP contribution in [0.15, 0.2) is 29.3 Å². The van der Waals surface area contributed by atoms with E-state index in [2.05, 4.69) is 27.3 Å². The molecule has 0 saturated carbocycles. The lowest BCUT2D eigenvalue weighted by Crippen LogP contribution is -2.55. The number of fused-ring (bicyclic) bond motifs is 1. The van der Waals surface area contributed by atoms with E-state index in [1.165, 1.54) is 11.1 Å². The maximum atomic E-state index is 12.6. The quantitative estimate of drug-likeness (QED) is 0.376.